The third-order valence-corrected chi connectivity index (χ3v) is 6.84. The number of alkyl halides is 3. The van der Waals surface area contributed by atoms with E-state index in [1.165, 1.54) is 7.11 Å². The minimum atomic E-state index is -4.11. The molecule has 6 nitrogen and oxygen atoms in total. The van der Waals surface area contributed by atoms with Crippen LogP contribution in [-0.4, -0.2) is 60.4 Å². The number of likely N-dealkylation sites (tertiary alicyclic amines) is 1. The molecule has 0 radical (unpaired) electrons. The SMILES string of the molecule is COC(=O)c1ccc(-c2cnc(OCC3CCN(CC4(C(F)(F)F)CCC4)CC3)cn2)cc1. The summed E-state index contributed by atoms with van der Waals surface area (Å²) in [5, 5.41) is 0. The number of rotatable bonds is 7. The lowest BCUT2D eigenvalue weighted by atomic mass is 9.67. The third-order valence-electron chi connectivity index (χ3n) is 6.84. The molecule has 0 bridgehead atoms. The van der Waals surface area contributed by atoms with Gasteiger partial charge in [0.1, 0.15) is 0 Å². The molecule has 2 aromatic rings. The third kappa shape index (κ3) is 5.29. The van der Waals surface area contributed by atoms with Crippen LogP contribution >= 0.6 is 0 Å². The maximum Gasteiger partial charge on any atom is 0.395 e. The van der Waals surface area contributed by atoms with Crippen molar-refractivity contribution in [2.75, 3.05) is 33.4 Å². The summed E-state index contributed by atoms with van der Waals surface area (Å²) in [7, 11) is 1.34. The van der Waals surface area contributed by atoms with Gasteiger partial charge in [0, 0.05) is 12.1 Å². The van der Waals surface area contributed by atoms with E-state index in [0.29, 0.717) is 43.3 Å². The monoisotopic (exact) mass is 463 g/mol. The summed E-state index contributed by atoms with van der Waals surface area (Å²) in [6.45, 7) is 1.92. The first-order chi connectivity index (χ1) is 15.8. The highest BCUT2D eigenvalue weighted by molar-refractivity contribution is 5.89. The minimum absolute atomic E-state index is 0.123. The van der Waals surface area contributed by atoms with Crippen molar-refractivity contribution >= 4 is 5.97 Å². The zero-order valence-corrected chi connectivity index (χ0v) is 18.6. The number of halogens is 3. The molecule has 1 aromatic heterocycles. The van der Waals surface area contributed by atoms with Gasteiger partial charge in [0.05, 0.1) is 42.8 Å². The largest absolute Gasteiger partial charge is 0.476 e. The van der Waals surface area contributed by atoms with Crippen LogP contribution in [0, 0.1) is 11.3 Å². The average molecular weight is 464 g/mol. The number of esters is 1. The fraction of sp³-hybridized carbons (Fsp3) is 0.542. The van der Waals surface area contributed by atoms with Crippen molar-refractivity contribution in [1.29, 1.82) is 0 Å². The van der Waals surface area contributed by atoms with Gasteiger partial charge < -0.3 is 14.4 Å². The molecular weight excluding hydrogens is 435 g/mol. The number of benzene rings is 1. The molecule has 1 saturated heterocycles. The number of aromatic nitrogens is 2. The Hall–Kier alpha value is -2.68. The molecule has 33 heavy (non-hydrogen) atoms. The molecule has 1 aliphatic carbocycles. The van der Waals surface area contributed by atoms with Crippen LogP contribution in [0.2, 0.25) is 0 Å². The van der Waals surface area contributed by atoms with Crippen molar-refractivity contribution in [1.82, 2.24) is 14.9 Å². The highest BCUT2D eigenvalue weighted by atomic mass is 19.4. The van der Waals surface area contributed by atoms with Crippen LogP contribution in [0.15, 0.2) is 36.7 Å². The molecule has 178 valence electrons. The molecule has 2 heterocycles. The lowest BCUT2D eigenvalue weighted by Crippen LogP contribution is -2.53. The van der Waals surface area contributed by atoms with Gasteiger partial charge in [0.2, 0.25) is 5.88 Å². The Morgan fingerprint density at radius 2 is 1.82 bits per heavy atom. The molecule has 2 aliphatic rings. The first kappa shape index (κ1) is 23.5. The van der Waals surface area contributed by atoms with E-state index in [1.54, 1.807) is 36.7 Å². The Balaban J connectivity index is 1.24. The molecular formula is C24H28F3N3O3. The van der Waals surface area contributed by atoms with Crippen molar-refractivity contribution < 1.29 is 27.4 Å². The van der Waals surface area contributed by atoms with Crippen LogP contribution in [0.4, 0.5) is 13.2 Å². The van der Waals surface area contributed by atoms with E-state index >= 15 is 0 Å². The zero-order chi connectivity index (χ0) is 23.5. The Morgan fingerprint density at radius 1 is 1.12 bits per heavy atom. The summed E-state index contributed by atoms with van der Waals surface area (Å²) in [6.07, 6.45) is 1.86. The number of hydrogen-bond donors (Lipinski definition) is 0. The second kappa shape index (κ2) is 9.67. The van der Waals surface area contributed by atoms with Crippen molar-refractivity contribution in [2.45, 2.75) is 38.3 Å². The quantitative estimate of drug-likeness (QED) is 0.552. The maximum absolute atomic E-state index is 13.4. The van der Waals surface area contributed by atoms with Crippen LogP contribution in [0.1, 0.15) is 42.5 Å². The van der Waals surface area contributed by atoms with Crippen LogP contribution in [0.3, 0.4) is 0 Å². The van der Waals surface area contributed by atoms with Crippen LogP contribution < -0.4 is 4.74 Å². The van der Waals surface area contributed by atoms with Gasteiger partial charge in [-0.05, 0) is 56.8 Å². The van der Waals surface area contributed by atoms with Crippen molar-refractivity contribution in [2.24, 2.45) is 11.3 Å². The first-order valence-corrected chi connectivity index (χ1v) is 11.2. The van der Waals surface area contributed by atoms with Gasteiger partial charge >= 0.3 is 12.1 Å². The highest BCUT2D eigenvalue weighted by Crippen LogP contribution is 2.53. The number of ether oxygens (including phenoxy) is 2. The smallest absolute Gasteiger partial charge is 0.395 e. The average Bonchev–Trinajstić information content (AvgIpc) is 2.80. The molecule has 0 unspecified atom stereocenters. The molecule has 0 amide bonds. The standard InChI is InChI=1S/C24H28F3N3O3/c1-32-22(31)19-5-3-18(4-6-19)20-13-29-21(14-28-20)33-15-17-7-11-30(12-8-17)16-23(9-2-10-23)24(25,26)27/h3-6,13-14,17H,2,7-12,15-16H2,1H3. The number of hydrogen-bond acceptors (Lipinski definition) is 6. The van der Waals surface area contributed by atoms with Crippen LogP contribution in [0.25, 0.3) is 11.3 Å². The minimum Gasteiger partial charge on any atom is -0.476 e. The molecule has 0 spiro atoms. The predicted octanol–water partition coefficient (Wildman–Crippen LogP) is 4.75. The Kier molecular flexibility index (Phi) is 6.88. The number of carbonyl (C=O) groups is 1. The predicted molar refractivity (Wildman–Crippen MR) is 116 cm³/mol. The van der Waals surface area contributed by atoms with Crippen LogP contribution in [0.5, 0.6) is 5.88 Å². The summed E-state index contributed by atoms with van der Waals surface area (Å²) in [5.74, 6) is 0.305. The van der Waals surface area contributed by atoms with Crippen molar-refractivity contribution in [3.8, 4) is 17.1 Å². The Labute approximate surface area is 191 Å². The van der Waals surface area contributed by atoms with Gasteiger partial charge in [-0.3, -0.25) is 0 Å². The van der Waals surface area contributed by atoms with Gasteiger partial charge in [0.25, 0.3) is 0 Å². The molecule has 4 rings (SSSR count). The van der Waals surface area contributed by atoms with E-state index in [1.807, 2.05) is 4.90 Å². The molecule has 1 aliphatic heterocycles. The van der Waals surface area contributed by atoms with E-state index in [0.717, 1.165) is 18.4 Å². The second-order valence-electron chi connectivity index (χ2n) is 8.97. The van der Waals surface area contributed by atoms with E-state index in [4.69, 9.17) is 9.47 Å². The first-order valence-electron chi connectivity index (χ1n) is 11.2. The normalized spacial score (nSPS) is 19.0. The van der Waals surface area contributed by atoms with Crippen molar-refractivity contribution in [3.63, 3.8) is 0 Å². The number of methoxy groups -OCH3 is 1. The van der Waals surface area contributed by atoms with Gasteiger partial charge in [-0.25, -0.2) is 14.8 Å². The van der Waals surface area contributed by atoms with Gasteiger partial charge in [-0.1, -0.05) is 18.6 Å². The number of piperidine rings is 1. The second-order valence-corrected chi connectivity index (χ2v) is 8.97. The summed E-state index contributed by atoms with van der Waals surface area (Å²) in [4.78, 5) is 22.2. The summed E-state index contributed by atoms with van der Waals surface area (Å²) in [5.41, 5.74) is 0.438. The van der Waals surface area contributed by atoms with E-state index in [9.17, 15) is 18.0 Å². The highest BCUT2D eigenvalue weighted by Gasteiger charge is 2.58. The number of nitrogens with zero attached hydrogens (tertiary/aromatic N) is 3. The van der Waals surface area contributed by atoms with Crippen LogP contribution in [-0.2, 0) is 4.74 Å². The van der Waals surface area contributed by atoms with E-state index in [2.05, 4.69) is 9.97 Å². The fourth-order valence-corrected chi connectivity index (χ4v) is 4.51. The van der Waals surface area contributed by atoms with Gasteiger partial charge in [-0.15, -0.1) is 0 Å². The molecule has 0 N–H and O–H groups in total. The van der Waals surface area contributed by atoms with Gasteiger partial charge in [-0.2, -0.15) is 13.2 Å². The molecule has 1 aromatic carbocycles. The molecule has 2 fully saturated rings. The molecule has 1 saturated carbocycles. The topological polar surface area (TPSA) is 64.6 Å². The summed E-state index contributed by atoms with van der Waals surface area (Å²) in [6, 6.07) is 6.89. The van der Waals surface area contributed by atoms with Crippen molar-refractivity contribution in [3.05, 3.63) is 42.2 Å². The maximum atomic E-state index is 13.4. The van der Waals surface area contributed by atoms with Gasteiger partial charge in [0.15, 0.2) is 0 Å². The van der Waals surface area contributed by atoms with E-state index in [-0.39, 0.29) is 25.3 Å². The molecule has 9 heteroatoms. The Morgan fingerprint density at radius 3 is 2.33 bits per heavy atom. The number of carbonyl (C=O) groups excluding carboxylic acids is 1. The fourth-order valence-electron chi connectivity index (χ4n) is 4.51. The summed E-state index contributed by atoms with van der Waals surface area (Å²) >= 11 is 0. The summed E-state index contributed by atoms with van der Waals surface area (Å²) < 4.78 is 50.7. The molecule has 0 atom stereocenters. The Bertz CT molecular complexity index is 936. The zero-order valence-electron chi connectivity index (χ0n) is 18.6. The lowest BCUT2D eigenvalue weighted by molar-refractivity contribution is -0.256. The van der Waals surface area contributed by atoms with E-state index < -0.39 is 17.6 Å². The lowest BCUT2D eigenvalue weighted by Gasteiger charge is -2.47.